The fraction of sp³-hybridized carbons (Fsp3) is 0.200. The largest absolute Gasteiger partial charge is 0.453 e. The van der Waals surface area contributed by atoms with Crippen LogP contribution in [0.4, 0.5) is 10.2 Å². The number of imidazole rings is 1. The fourth-order valence-corrected chi connectivity index (χ4v) is 7.95. The predicted molar refractivity (Wildman–Crippen MR) is 206 cm³/mol. The molecule has 10 heteroatoms. The van der Waals surface area contributed by atoms with Crippen molar-refractivity contribution >= 4 is 23.0 Å². The Kier molecular flexibility index (Phi) is 9.35. The molecule has 3 heterocycles. The van der Waals surface area contributed by atoms with Crippen molar-refractivity contribution < 1.29 is 23.4 Å². The van der Waals surface area contributed by atoms with Crippen LogP contribution < -0.4 is 5.32 Å². The number of ether oxygens (including phenoxy) is 3. The van der Waals surface area contributed by atoms with Gasteiger partial charge in [0.25, 0.3) is 0 Å². The highest BCUT2D eigenvalue weighted by Crippen LogP contribution is 2.43. The number of fused-ring (bicyclic) bond motifs is 2. The third kappa shape index (κ3) is 6.43. The van der Waals surface area contributed by atoms with E-state index in [0.717, 1.165) is 29.5 Å². The smallest absolute Gasteiger partial charge is 0.338 e. The average Bonchev–Trinajstić information content (AvgIpc) is 3.95. The van der Waals surface area contributed by atoms with E-state index in [0.29, 0.717) is 22.5 Å². The van der Waals surface area contributed by atoms with Crippen LogP contribution in [-0.4, -0.2) is 50.5 Å². The van der Waals surface area contributed by atoms with Crippen molar-refractivity contribution in [2.45, 2.75) is 49.1 Å². The van der Waals surface area contributed by atoms with Gasteiger partial charge in [-0.05, 0) is 52.8 Å². The summed E-state index contributed by atoms with van der Waals surface area (Å²) in [7, 11) is 0. The number of anilines is 1. The second-order valence-electron chi connectivity index (χ2n) is 13.8. The van der Waals surface area contributed by atoms with E-state index in [1.165, 1.54) is 23.8 Å². The number of halogens is 1. The highest BCUT2D eigenvalue weighted by atomic mass is 19.1. The van der Waals surface area contributed by atoms with Crippen LogP contribution in [-0.2, 0) is 26.2 Å². The van der Waals surface area contributed by atoms with Crippen LogP contribution in [0.3, 0.4) is 0 Å². The lowest BCUT2D eigenvalue weighted by atomic mass is 9.80. The Labute approximate surface area is 317 Å². The van der Waals surface area contributed by atoms with Crippen LogP contribution in [0, 0.1) is 0 Å². The van der Waals surface area contributed by atoms with E-state index >= 15 is 4.39 Å². The topological polar surface area (TPSA) is 100 Å². The predicted octanol–water partition coefficient (Wildman–Crippen LogP) is 8.40. The molecule has 5 aromatic carbocycles. The van der Waals surface area contributed by atoms with E-state index in [1.54, 1.807) is 34.9 Å². The molecule has 9 rings (SSSR count). The molecule has 1 aliphatic heterocycles. The Morgan fingerprint density at radius 3 is 2.04 bits per heavy atom. The molecule has 2 aromatic heterocycles. The minimum Gasteiger partial charge on any atom is -0.453 e. The first-order valence-electron chi connectivity index (χ1n) is 18.5. The van der Waals surface area contributed by atoms with Crippen LogP contribution in [0.5, 0.6) is 0 Å². The van der Waals surface area contributed by atoms with Gasteiger partial charge in [-0.3, -0.25) is 4.57 Å². The monoisotopic (exact) mass is 731 g/mol. The molecule has 7 aromatic rings. The molecule has 9 nitrogen and oxygen atoms in total. The summed E-state index contributed by atoms with van der Waals surface area (Å²) in [5.41, 5.74) is 5.20. The molecule has 274 valence electrons. The van der Waals surface area contributed by atoms with Crippen molar-refractivity contribution in [3.63, 3.8) is 0 Å². The molecule has 1 saturated heterocycles. The Hall–Kier alpha value is -6.23. The fourth-order valence-electron chi connectivity index (χ4n) is 7.95. The molecule has 0 amide bonds. The van der Waals surface area contributed by atoms with Gasteiger partial charge in [0.2, 0.25) is 0 Å². The summed E-state index contributed by atoms with van der Waals surface area (Å²) in [5.74, 6) is -0.117. The number of nitrogens with one attached hydrogen (secondary N) is 1. The zero-order chi connectivity index (χ0) is 37.2. The Morgan fingerprint density at radius 2 is 1.38 bits per heavy atom. The summed E-state index contributed by atoms with van der Waals surface area (Å²) in [6, 6.07) is 46.6. The van der Waals surface area contributed by atoms with E-state index < -0.39 is 36.2 Å². The number of rotatable bonds is 11. The molecular weight excluding hydrogens is 694 g/mol. The molecule has 0 bridgehead atoms. The van der Waals surface area contributed by atoms with Gasteiger partial charge >= 0.3 is 5.97 Å². The third-order valence-corrected chi connectivity index (χ3v) is 10.6. The lowest BCUT2D eigenvalue weighted by Crippen LogP contribution is -2.41. The first kappa shape index (κ1) is 34.5. The maximum atomic E-state index is 17.1. The minimum absolute atomic E-state index is 0.0542. The van der Waals surface area contributed by atoms with Crippen molar-refractivity contribution in [3.05, 3.63) is 192 Å². The SMILES string of the molecule is O=C(O[C@H]1[C@H](F)[C@H](n2cnc3c(N[C@H]4CCc5ccccc54)ncnc32)O[C@H]1COC(c1ccccc1)(c1ccccc1)c1ccccc1)c1ccccc1. The summed E-state index contributed by atoms with van der Waals surface area (Å²) >= 11 is 0. The number of aryl methyl sites for hydroxylation is 1. The highest BCUT2D eigenvalue weighted by Gasteiger charge is 2.51. The van der Waals surface area contributed by atoms with Gasteiger partial charge in [-0.25, -0.2) is 24.1 Å². The molecule has 1 fully saturated rings. The zero-order valence-corrected chi connectivity index (χ0v) is 29.8. The van der Waals surface area contributed by atoms with Crippen molar-refractivity contribution in [1.82, 2.24) is 19.5 Å². The third-order valence-electron chi connectivity index (χ3n) is 10.6. The number of carbonyl (C=O) groups is 1. The highest BCUT2D eigenvalue weighted by molar-refractivity contribution is 5.89. The van der Waals surface area contributed by atoms with Crippen LogP contribution in [0.25, 0.3) is 11.2 Å². The zero-order valence-electron chi connectivity index (χ0n) is 29.8. The van der Waals surface area contributed by atoms with Gasteiger partial charge in [-0.15, -0.1) is 0 Å². The van der Waals surface area contributed by atoms with Gasteiger partial charge in [0.05, 0.1) is 24.5 Å². The molecule has 0 radical (unpaired) electrons. The number of alkyl halides is 1. The van der Waals surface area contributed by atoms with Gasteiger partial charge in [0.1, 0.15) is 18.0 Å². The first-order chi connectivity index (χ1) is 27.1. The second-order valence-corrected chi connectivity index (χ2v) is 13.8. The molecule has 1 N–H and O–H groups in total. The average molecular weight is 732 g/mol. The molecule has 2 aliphatic rings. The maximum Gasteiger partial charge on any atom is 0.338 e. The molecule has 0 saturated carbocycles. The van der Waals surface area contributed by atoms with Crippen molar-refractivity contribution in [1.29, 1.82) is 0 Å². The number of hydrogen-bond acceptors (Lipinski definition) is 8. The summed E-state index contributed by atoms with van der Waals surface area (Å²) in [5, 5.41) is 3.55. The minimum atomic E-state index is -1.80. The normalized spacial score (nSPS) is 20.6. The van der Waals surface area contributed by atoms with Crippen LogP contribution >= 0.6 is 0 Å². The summed E-state index contributed by atoms with van der Waals surface area (Å²) in [6.07, 6.45) is -0.564. The van der Waals surface area contributed by atoms with E-state index in [-0.39, 0.29) is 12.6 Å². The van der Waals surface area contributed by atoms with E-state index in [4.69, 9.17) is 14.2 Å². The number of nitrogens with zero attached hydrogens (tertiary/aromatic N) is 4. The summed E-state index contributed by atoms with van der Waals surface area (Å²) < 4.78 is 38.3. The number of aromatic nitrogens is 4. The second kappa shape index (κ2) is 14.9. The molecule has 0 unspecified atom stereocenters. The van der Waals surface area contributed by atoms with Crippen molar-refractivity contribution in [2.24, 2.45) is 0 Å². The number of carbonyl (C=O) groups excluding carboxylic acids is 1. The van der Waals surface area contributed by atoms with Gasteiger partial charge in [0, 0.05) is 0 Å². The summed E-state index contributed by atoms with van der Waals surface area (Å²) in [6.45, 7) is -0.127. The molecule has 5 atom stereocenters. The summed E-state index contributed by atoms with van der Waals surface area (Å²) in [4.78, 5) is 27.2. The molecule has 1 aliphatic carbocycles. The maximum absolute atomic E-state index is 17.1. The quantitative estimate of drug-likeness (QED) is 0.105. The lowest BCUT2D eigenvalue weighted by Gasteiger charge is -2.37. The van der Waals surface area contributed by atoms with Gasteiger partial charge in [0.15, 0.2) is 35.5 Å². The van der Waals surface area contributed by atoms with Crippen molar-refractivity contribution in [3.8, 4) is 0 Å². The van der Waals surface area contributed by atoms with Crippen LogP contribution in [0.15, 0.2) is 158 Å². The number of esters is 1. The van der Waals surface area contributed by atoms with E-state index in [1.807, 2.05) is 97.1 Å². The van der Waals surface area contributed by atoms with Gasteiger partial charge in [-0.2, -0.15) is 0 Å². The Morgan fingerprint density at radius 1 is 0.782 bits per heavy atom. The van der Waals surface area contributed by atoms with E-state index in [2.05, 4.69) is 38.5 Å². The molecule has 0 spiro atoms. The number of hydrogen-bond donors (Lipinski definition) is 1. The molecular formula is C45H38FN5O4. The van der Waals surface area contributed by atoms with Crippen LogP contribution in [0.2, 0.25) is 0 Å². The Balaban J connectivity index is 1.07. The lowest BCUT2D eigenvalue weighted by molar-refractivity contribution is -0.0957. The standard InChI is InChI=1S/C45H38FN5O4/c46-38-40(55-44(52)31-16-5-1-6-17-31)37(27-53-45(32-18-7-2-8-19-32,33-20-9-3-10-21-33)34-22-11-4-12-23-34)54-43(38)51-29-49-39-41(47-28-48-42(39)51)50-36-26-25-30-15-13-14-24-35(30)36/h1-24,28-29,36-38,40,43H,25-27H2,(H,47,48,50)/t36-,37-,38-,40+,43+/m0/s1. The van der Waals surface area contributed by atoms with Gasteiger partial charge in [-0.1, -0.05) is 133 Å². The van der Waals surface area contributed by atoms with Gasteiger partial charge < -0.3 is 19.5 Å². The molecule has 55 heavy (non-hydrogen) atoms. The van der Waals surface area contributed by atoms with Crippen molar-refractivity contribution in [2.75, 3.05) is 11.9 Å². The first-order valence-corrected chi connectivity index (χ1v) is 18.5. The Bertz CT molecular complexity index is 2300. The van der Waals surface area contributed by atoms with Crippen LogP contribution in [0.1, 0.15) is 56.9 Å². The van der Waals surface area contributed by atoms with E-state index in [9.17, 15) is 4.79 Å². The number of benzene rings is 5.